The Bertz CT molecular complexity index is 700. The normalized spacial score (nSPS) is 11.1. The molecule has 2 rings (SSSR count). The van der Waals surface area contributed by atoms with Crippen LogP contribution in [0.5, 0.6) is 11.5 Å². The smallest absolute Gasteiger partial charge is 0.258 e. The van der Waals surface area contributed by atoms with Gasteiger partial charge in [0.2, 0.25) is 0 Å². The van der Waals surface area contributed by atoms with Crippen LogP contribution >= 0.6 is 0 Å². The van der Waals surface area contributed by atoms with E-state index in [1.165, 1.54) is 18.3 Å². The molecule has 1 aromatic carbocycles. The molecule has 8 heteroatoms. The number of hydrogen-bond donors (Lipinski definition) is 2. The molecule has 0 aliphatic rings. The molecule has 0 aliphatic heterocycles. The first kappa shape index (κ1) is 16.1. The second kappa shape index (κ2) is 7.10. The van der Waals surface area contributed by atoms with Crippen molar-refractivity contribution in [1.82, 2.24) is 9.71 Å². The van der Waals surface area contributed by atoms with Crippen LogP contribution in [-0.4, -0.2) is 33.7 Å². The quantitative estimate of drug-likeness (QED) is 0.738. The van der Waals surface area contributed by atoms with Crippen LogP contribution in [0.2, 0.25) is 0 Å². The Kier molecular flexibility index (Phi) is 5.18. The van der Waals surface area contributed by atoms with Crippen LogP contribution in [0.15, 0.2) is 47.6 Å². The lowest BCUT2D eigenvalue weighted by molar-refractivity contribution is 0.322. The zero-order valence-corrected chi connectivity index (χ0v) is 12.8. The standard InChI is InChI=1S/C14H17N3O4S/c1-20-12-3-5-13(6-4-12)21-9-8-17-22(18,19)14-7-2-11(15)10-16-14/h2-7,10,17H,8-9,15H2,1H3. The van der Waals surface area contributed by atoms with Gasteiger partial charge in [-0.3, -0.25) is 0 Å². The van der Waals surface area contributed by atoms with Crippen molar-refractivity contribution in [1.29, 1.82) is 0 Å². The van der Waals surface area contributed by atoms with Crippen LogP contribution in [-0.2, 0) is 10.0 Å². The number of nitrogens with one attached hydrogen (secondary N) is 1. The average molecular weight is 323 g/mol. The van der Waals surface area contributed by atoms with Gasteiger partial charge in [-0.2, -0.15) is 0 Å². The van der Waals surface area contributed by atoms with Crippen molar-refractivity contribution in [2.45, 2.75) is 5.03 Å². The maximum Gasteiger partial charge on any atom is 0.258 e. The van der Waals surface area contributed by atoms with Crippen molar-refractivity contribution in [3.05, 3.63) is 42.6 Å². The fourth-order valence-corrected chi connectivity index (χ4v) is 2.58. The van der Waals surface area contributed by atoms with E-state index in [0.29, 0.717) is 11.4 Å². The van der Waals surface area contributed by atoms with Gasteiger partial charge in [0.25, 0.3) is 10.0 Å². The van der Waals surface area contributed by atoms with Gasteiger partial charge in [-0.15, -0.1) is 0 Å². The zero-order chi connectivity index (χ0) is 16.0. The first-order valence-electron chi connectivity index (χ1n) is 6.49. The lowest BCUT2D eigenvalue weighted by atomic mass is 10.3. The van der Waals surface area contributed by atoms with E-state index in [1.807, 2.05) is 0 Å². The Hall–Kier alpha value is -2.32. The van der Waals surface area contributed by atoms with Gasteiger partial charge in [0.05, 0.1) is 19.0 Å². The summed E-state index contributed by atoms with van der Waals surface area (Å²) in [5.41, 5.74) is 5.87. The molecule has 0 fully saturated rings. The molecule has 0 unspecified atom stereocenters. The lowest BCUT2D eigenvalue weighted by Crippen LogP contribution is -2.28. The van der Waals surface area contributed by atoms with E-state index in [-0.39, 0.29) is 18.2 Å². The number of rotatable bonds is 7. The summed E-state index contributed by atoms with van der Waals surface area (Å²) in [5.74, 6) is 1.35. The number of nitrogens with zero attached hydrogens (tertiary/aromatic N) is 1. The summed E-state index contributed by atoms with van der Waals surface area (Å²) < 4.78 is 36.8. The summed E-state index contributed by atoms with van der Waals surface area (Å²) in [7, 11) is -2.08. The largest absolute Gasteiger partial charge is 0.497 e. The summed E-state index contributed by atoms with van der Waals surface area (Å²) >= 11 is 0. The van der Waals surface area contributed by atoms with Crippen molar-refractivity contribution < 1.29 is 17.9 Å². The van der Waals surface area contributed by atoms with Crippen molar-refractivity contribution in [3.63, 3.8) is 0 Å². The Morgan fingerprint density at radius 2 is 1.82 bits per heavy atom. The van der Waals surface area contributed by atoms with E-state index in [9.17, 15) is 8.42 Å². The highest BCUT2D eigenvalue weighted by atomic mass is 32.2. The number of pyridine rings is 1. The van der Waals surface area contributed by atoms with Crippen LogP contribution in [0.1, 0.15) is 0 Å². The highest BCUT2D eigenvalue weighted by Gasteiger charge is 2.14. The minimum atomic E-state index is -3.66. The maximum atomic E-state index is 12.0. The Balaban J connectivity index is 1.83. The lowest BCUT2D eigenvalue weighted by Gasteiger charge is -2.08. The van der Waals surface area contributed by atoms with Gasteiger partial charge in [0.15, 0.2) is 5.03 Å². The molecule has 0 bridgehead atoms. The number of hydrogen-bond acceptors (Lipinski definition) is 6. The van der Waals surface area contributed by atoms with Gasteiger partial charge >= 0.3 is 0 Å². The summed E-state index contributed by atoms with van der Waals surface area (Å²) in [5, 5.41) is -0.0776. The van der Waals surface area contributed by atoms with Gasteiger partial charge in [-0.25, -0.2) is 18.1 Å². The second-order valence-electron chi connectivity index (χ2n) is 4.35. The number of methoxy groups -OCH3 is 1. The van der Waals surface area contributed by atoms with Gasteiger partial charge < -0.3 is 15.2 Å². The van der Waals surface area contributed by atoms with Crippen LogP contribution in [0.3, 0.4) is 0 Å². The third-order valence-electron chi connectivity index (χ3n) is 2.76. The van der Waals surface area contributed by atoms with Crippen LogP contribution in [0.4, 0.5) is 5.69 Å². The Morgan fingerprint density at radius 1 is 1.14 bits per heavy atom. The molecular formula is C14H17N3O4S. The molecule has 0 radical (unpaired) electrons. The number of sulfonamides is 1. The molecule has 0 atom stereocenters. The number of benzene rings is 1. The van der Waals surface area contributed by atoms with Crippen LogP contribution in [0.25, 0.3) is 0 Å². The molecule has 0 saturated carbocycles. The fraction of sp³-hybridized carbons (Fsp3) is 0.214. The predicted molar refractivity (Wildman–Crippen MR) is 82.3 cm³/mol. The SMILES string of the molecule is COc1ccc(OCCNS(=O)(=O)c2ccc(N)cn2)cc1. The summed E-state index contributed by atoms with van der Waals surface area (Å²) in [4.78, 5) is 3.78. The first-order valence-corrected chi connectivity index (χ1v) is 7.97. The van der Waals surface area contributed by atoms with Gasteiger partial charge in [0, 0.05) is 6.54 Å². The van der Waals surface area contributed by atoms with Gasteiger partial charge in [-0.05, 0) is 36.4 Å². The van der Waals surface area contributed by atoms with E-state index in [2.05, 4.69) is 9.71 Å². The first-order chi connectivity index (χ1) is 10.5. The number of anilines is 1. The topological polar surface area (TPSA) is 104 Å². The highest BCUT2D eigenvalue weighted by Crippen LogP contribution is 2.16. The molecule has 22 heavy (non-hydrogen) atoms. The summed E-state index contributed by atoms with van der Waals surface area (Å²) in [6.07, 6.45) is 1.29. The second-order valence-corrected chi connectivity index (χ2v) is 6.07. The van der Waals surface area contributed by atoms with Crippen LogP contribution < -0.4 is 19.9 Å². The zero-order valence-electron chi connectivity index (χ0n) is 12.0. The van der Waals surface area contributed by atoms with Crippen molar-refractivity contribution >= 4 is 15.7 Å². The maximum absolute atomic E-state index is 12.0. The fourth-order valence-electron chi connectivity index (χ4n) is 1.64. The van der Waals surface area contributed by atoms with Gasteiger partial charge in [0.1, 0.15) is 18.1 Å². The minimum Gasteiger partial charge on any atom is -0.497 e. The molecule has 0 aliphatic carbocycles. The summed E-state index contributed by atoms with van der Waals surface area (Å²) in [6.45, 7) is 0.320. The van der Waals surface area contributed by atoms with E-state index in [1.54, 1.807) is 31.4 Å². The number of aromatic nitrogens is 1. The molecule has 118 valence electrons. The van der Waals surface area contributed by atoms with E-state index < -0.39 is 10.0 Å². The number of nitrogen functional groups attached to an aromatic ring is 1. The monoisotopic (exact) mass is 323 g/mol. The molecular weight excluding hydrogens is 306 g/mol. The number of ether oxygens (including phenoxy) is 2. The summed E-state index contributed by atoms with van der Waals surface area (Å²) in [6, 6.07) is 9.84. The molecule has 7 nitrogen and oxygen atoms in total. The molecule has 1 aromatic heterocycles. The Morgan fingerprint density at radius 3 is 2.41 bits per heavy atom. The van der Waals surface area contributed by atoms with Crippen molar-refractivity contribution in [2.75, 3.05) is 26.0 Å². The minimum absolute atomic E-state index is 0.0776. The molecule has 0 amide bonds. The molecule has 1 heterocycles. The average Bonchev–Trinajstić information content (AvgIpc) is 2.52. The van der Waals surface area contributed by atoms with E-state index >= 15 is 0 Å². The van der Waals surface area contributed by atoms with Crippen LogP contribution in [0, 0.1) is 0 Å². The third kappa shape index (κ3) is 4.34. The van der Waals surface area contributed by atoms with E-state index in [4.69, 9.17) is 15.2 Å². The Labute approximate surface area is 129 Å². The predicted octanol–water partition coefficient (Wildman–Crippen LogP) is 1.03. The van der Waals surface area contributed by atoms with Crippen molar-refractivity contribution in [3.8, 4) is 11.5 Å². The molecule has 0 spiro atoms. The number of nitrogens with two attached hydrogens (primary N) is 1. The van der Waals surface area contributed by atoms with Gasteiger partial charge in [-0.1, -0.05) is 0 Å². The van der Waals surface area contributed by atoms with Crippen molar-refractivity contribution in [2.24, 2.45) is 0 Å². The molecule has 3 N–H and O–H groups in total. The highest BCUT2D eigenvalue weighted by molar-refractivity contribution is 7.89. The molecule has 0 saturated heterocycles. The van der Waals surface area contributed by atoms with E-state index in [0.717, 1.165) is 5.75 Å². The third-order valence-corrected chi connectivity index (χ3v) is 4.13. The molecule has 2 aromatic rings.